The van der Waals surface area contributed by atoms with Crippen LogP contribution in [0.4, 0.5) is 8.78 Å². The maximum absolute atomic E-state index is 13.5. The molecule has 0 bridgehead atoms. The Morgan fingerprint density at radius 1 is 1.08 bits per heavy atom. The Balaban J connectivity index is 2.13. The highest BCUT2D eigenvalue weighted by atomic mass is 32.1. The van der Waals surface area contributed by atoms with Crippen LogP contribution >= 0.6 is 11.3 Å². The fraction of sp³-hybridized carbons (Fsp3) is 0.158. The van der Waals surface area contributed by atoms with Gasteiger partial charge in [-0.2, -0.15) is 5.10 Å². The Morgan fingerprint density at radius 2 is 1.84 bits per heavy atom. The van der Waals surface area contributed by atoms with Crippen LogP contribution in [0.3, 0.4) is 0 Å². The Labute approximate surface area is 148 Å². The maximum atomic E-state index is 13.5. The van der Waals surface area contributed by atoms with E-state index in [0.717, 1.165) is 16.1 Å². The van der Waals surface area contributed by atoms with Crippen molar-refractivity contribution in [2.24, 2.45) is 10.1 Å². The zero-order valence-corrected chi connectivity index (χ0v) is 14.7. The number of halogens is 2. The lowest BCUT2D eigenvalue weighted by molar-refractivity contribution is 0.627. The summed E-state index contributed by atoms with van der Waals surface area (Å²) >= 11 is 1.46. The van der Waals surface area contributed by atoms with Gasteiger partial charge in [0.2, 0.25) is 4.80 Å². The summed E-state index contributed by atoms with van der Waals surface area (Å²) in [5.74, 6) is -0.594. The third-order valence-electron chi connectivity index (χ3n) is 3.61. The molecule has 0 spiro atoms. The average Bonchev–Trinajstić information content (AvgIpc) is 2.98. The molecular weight excluding hydrogens is 340 g/mol. The van der Waals surface area contributed by atoms with Crippen LogP contribution in [0.5, 0.6) is 0 Å². The largest absolute Gasteiger partial charge is 0.258 e. The molecular formula is C19H17F2N3S. The summed E-state index contributed by atoms with van der Waals surface area (Å²) < 4.78 is 28.4. The van der Waals surface area contributed by atoms with Gasteiger partial charge in [0.15, 0.2) is 0 Å². The molecule has 1 aromatic heterocycles. The second-order valence-electron chi connectivity index (χ2n) is 5.39. The van der Waals surface area contributed by atoms with Crippen molar-refractivity contribution in [1.82, 2.24) is 4.68 Å². The Kier molecular flexibility index (Phi) is 5.19. The monoisotopic (exact) mass is 357 g/mol. The van der Waals surface area contributed by atoms with Crippen LogP contribution in [0, 0.1) is 11.6 Å². The molecule has 3 aromatic rings. The molecule has 0 saturated carbocycles. The molecule has 0 aliphatic carbocycles. The first-order chi connectivity index (χ1) is 12.1. The molecule has 3 rings (SSSR count). The molecule has 0 aliphatic heterocycles. The number of benzene rings is 2. The molecule has 0 radical (unpaired) electrons. The van der Waals surface area contributed by atoms with Crippen molar-refractivity contribution in [3.05, 3.63) is 75.9 Å². The van der Waals surface area contributed by atoms with Crippen molar-refractivity contribution >= 4 is 17.0 Å². The molecule has 128 valence electrons. The molecule has 2 aromatic carbocycles. The molecule has 1 heterocycles. The summed E-state index contributed by atoms with van der Waals surface area (Å²) in [4.78, 5) is 5.19. The second kappa shape index (κ2) is 7.53. The van der Waals surface area contributed by atoms with E-state index in [0.29, 0.717) is 17.8 Å². The third-order valence-corrected chi connectivity index (χ3v) is 4.47. The SMILES string of the molecule is CCN=c1scc(-c2ccc(F)cc2)n1N=C(C)c1cccc(F)c1. The fourth-order valence-corrected chi connectivity index (χ4v) is 3.28. The average molecular weight is 357 g/mol. The predicted molar refractivity (Wildman–Crippen MR) is 97.8 cm³/mol. The minimum Gasteiger partial charge on any atom is -0.258 e. The fourth-order valence-electron chi connectivity index (χ4n) is 2.38. The number of hydrogen-bond donors (Lipinski definition) is 0. The minimum atomic E-state index is -0.306. The summed E-state index contributed by atoms with van der Waals surface area (Å²) in [5, 5.41) is 6.57. The van der Waals surface area contributed by atoms with E-state index in [4.69, 9.17) is 0 Å². The van der Waals surface area contributed by atoms with Crippen LogP contribution in [-0.2, 0) is 0 Å². The van der Waals surface area contributed by atoms with Crippen LogP contribution in [0.1, 0.15) is 19.4 Å². The van der Waals surface area contributed by atoms with Crippen molar-refractivity contribution in [1.29, 1.82) is 0 Å². The standard InChI is InChI=1S/C19H17F2N3S/c1-3-22-19-24(23-13(2)15-5-4-6-17(21)11-15)18(12-25-19)14-7-9-16(20)10-8-14/h4-12H,3H2,1-2H3. The maximum Gasteiger partial charge on any atom is 0.206 e. The molecule has 0 aliphatic rings. The van der Waals surface area contributed by atoms with Gasteiger partial charge in [-0.25, -0.2) is 13.5 Å². The first kappa shape index (κ1) is 17.2. The topological polar surface area (TPSA) is 29.6 Å². The highest BCUT2D eigenvalue weighted by molar-refractivity contribution is 7.07. The van der Waals surface area contributed by atoms with Gasteiger partial charge in [-0.15, -0.1) is 11.3 Å². The van der Waals surface area contributed by atoms with Gasteiger partial charge in [0, 0.05) is 23.1 Å². The van der Waals surface area contributed by atoms with Crippen molar-refractivity contribution < 1.29 is 8.78 Å². The molecule has 0 N–H and O–H groups in total. The first-order valence-corrected chi connectivity index (χ1v) is 8.75. The Morgan fingerprint density at radius 3 is 2.52 bits per heavy atom. The third kappa shape index (κ3) is 3.91. The summed E-state index contributed by atoms with van der Waals surface area (Å²) in [7, 11) is 0. The van der Waals surface area contributed by atoms with E-state index in [-0.39, 0.29) is 11.6 Å². The van der Waals surface area contributed by atoms with Gasteiger partial charge in [-0.05, 0) is 50.2 Å². The Hall–Kier alpha value is -2.60. The lowest BCUT2D eigenvalue weighted by Gasteiger charge is -2.06. The predicted octanol–water partition coefficient (Wildman–Crippen LogP) is 4.69. The van der Waals surface area contributed by atoms with Crippen LogP contribution in [-0.4, -0.2) is 16.9 Å². The van der Waals surface area contributed by atoms with E-state index in [1.807, 2.05) is 25.3 Å². The van der Waals surface area contributed by atoms with E-state index in [1.54, 1.807) is 22.9 Å². The zero-order valence-electron chi connectivity index (χ0n) is 13.9. The van der Waals surface area contributed by atoms with Gasteiger partial charge in [0.05, 0.1) is 11.4 Å². The van der Waals surface area contributed by atoms with Gasteiger partial charge in [-0.3, -0.25) is 4.99 Å². The van der Waals surface area contributed by atoms with E-state index in [9.17, 15) is 8.78 Å². The van der Waals surface area contributed by atoms with Gasteiger partial charge in [0.1, 0.15) is 11.6 Å². The zero-order chi connectivity index (χ0) is 17.8. The van der Waals surface area contributed by atoms with Crippen LogP contribution in [0.15, 0.2) is 64.0 Å². The lowest BCUT2D eigenvalue weighted by Crippen LogP contribution is -2.14. The molecule has 6 heteroatoms. The molecule has 0 amide bonds. The second-order valence-corrected chi connectivity index (χ2v) is 6.23. The van der Waals surface area contributed by atoms with Crippen LogP contribution < -0.4 is 4.80 Å². The van der Waals surface area contributed by atoms with Crippen molar-refractivity contribution in [3.8, 4) is 11.3 Å². The summed E-state index contributed by atoms with van der Waals surface area (Å²) in [5.41, 5.74) is 3.02. The highest BCUT2D eigenvalue weighted by Crippen LogP contribution is 2.21. The van der Waals surface area contributed by atoms with Crippen LogP contribution in [0.25, 0.3) is 11.3 Å². The van der Waals surface area contributed by atoms with E-state index in [1.165, 1.54) is 35.6 Å². The highest BCUT2D eigenvalue weighted by Gasteiger charge is 2.09. The van der Waals surface area contributed by atoms with Gasteiger partial charge >= 0.3 is 0 Å². The smallest absolute Gasteiger partial charge is 0.206 e. The van der Waals surface area contributed by atoms with E-state index in [2.05, 4.69) is 10.1 Å². The first-order valence-electron chi connectivity index (χ1n) is 7.87. The van der Waals surface area contributed by atoms with E-state index >= 15 is 0 Å². The Bertz CT molecular complexity index is 969. The van der Waals surface area contributed by atoms with Gasteiger partial charge in [0.25, 0.3) is 0 Å². The van der Waals surface area contributed by atoms with Crippen molar-refractivity contribution in [2.75, 3.05) is 6.54 Å². The van der Waals surface area contributed by atoms with Gasteiger partial charge in [-0.1, -0.05) is 12.1 Å². The molecule has 0 atom stereocenters. The van der Waals surface area contributed by atoms with E-state index < -0.39 is 0 Å². The number of thiazole rings is 1. The number of aromatic nitrogens is 1. The van der Waals surface area contributed by atoms with Gasteiger partial charge < -0.3 is 0 Å². The lowest BCUT2D eigenvalue weighted by atomic mass is 10.1. The molecule has 3 nitrogen and oxygen atoms in total. The summed E-state index contributed by atoms with van der Waals surface area (Å²) in [6.07, 6.45) is 0. The summed E-state index contributed by atoms with van der Waals surface area (Å²) in [6, 6.07) is 12.5. The molecule has 0 unspecified atom stereocenters. The van der Waals surface area contributed by atoms with Crippen molar-refractivity contribution in [3.63, 3.8) is 0 Å². The quantitative estimate of drug-likeness (QED) is 0.607. The van der Waals surface area contributed by atoms with Crippen molar-refractivity contribution in [2.45, 2.75) is 13.8 Å². The summed E-state index contributed by atoms with van der Waals surface area (Å²) in [6.45, 7) is 4.40. The normalized spacial score (nSPS) is 12.6. The number of rotatable bonds is 4. The van der Waals surface area contributed by atoms with Crippen LogP contribution in [0.2, 0.25) is 0 Å². The minimum absolute atomic E-state index is 0.288. The number of nitrogens with zero attached hydrogens (tertiary/aromatic N) is 3. The molecule has 25 heavy (non-hydrogen) atoms. The molecule has 0 fully saturated rings. The molecule has 0 saturated heterocycles. The number of hydrogen-bond acceptors (Lipinski definition) is 3.